The SMILES string of the molecule is CC(=O)c1cccc(C(C)Nc2c(C)cc(O)cc2C)n1. The molecule has 1 aromatic carbocycles. The number of carbonyl (C=O) groups excluding carboxylic acids is 1. The van der Waals surface area contributed by atoms with Crippen LogP contribution in [-0.4, -0.2) is 15.9 Å². The van der Waals surface area contributed by atoms with E-state index in [0.29, 0.717) is 5.69 Å². The van der Waals surface area contributed by atoms with E-state index in [1.54, 1.807) is 18.2 Å². The summed E-state index contributed by atoms with van der Waals surface area (Å²) >= 11 is 0. The molecular formula is C17H20N2O2. The van der Waals surface area contributed by atoms with Gasteiger partial charge in [0.15, 0.2) is 5.78 Å². The molecule has 0 fully saturated rings. The first-order chi connectivity index (χ1) is 9.88. The zero-order chi connectivity index (χ0) is 15.6. The molecule has 21 heavy (non-hydrogen) atoms. The van der Waals surface area contributed by atoms with Crippen molar-refractivity contribution in [3.8, 4) is 5.75 Å². The van der Waals surface area contributed by atoms with Gasteiger partial charge >= 0.3 is 0 Å². The van der Waals surface area contributed by atoms with E-state index in [9.17, 15) is 9.90 Å². The largest absolute Gasteiger partial charge is 0.508 e. The van der Waals surface area contributed by atoms with Gasteiger partial charge in [0.2, 0.25) is 0 Å². The molecule has 0 aliphatic carbocycles. The zero-order valence-electron chi connectivity index (χ0n) is 12.8. The molecule has 110 valence electrons. The highest BCUT2D eigenvalue weighted by molar-refractivity contribution is 5.92. The number of ketones is 1. The predicted molar refractivity (Wildman–Crippen MR) is 83.9 cm³/mol. The maximum Gasteiger partial charge on any atom is 0.178 e. The molecule has 1 unspecified atom stereocenters. The summed E-state index contributed by atoms with van der Waals surface area (Å²) in [4.78, 5) is 15.8. The summed E-state index contributed by atoms with van der Waals surface area (Å²) in [6.45, 7) is 7.40. The van der Waals surface area contributed by atoms with Gasteiger partial charge in [0.1, 0.15) is 11.4 Å². The van der Waals surface area contributed by atoms with Crippen LogP contribution in [0.1, 0.15) is 47.2 Å². The van der Waals surface area contributed by atoms with Crippen molar-refractivity contribution in [3.05, 3.63) is 52.8 Å². The molecule has 4 heteroatoms. The van der Waals surface area contributed by atoms with Crippen LogP contribution in [0.2, 0.25) is 0 Å². The Balaban J connectivity index is 2.28. The normalized spacial score (nSPS) is 12.0. The van der Waals surface area contributed by atoms with E-state index in [-0.39, 0.29) is 17.6 Å². The van der Waals surface area contributed by atoms with Crippen molar-refractivity contribution in [1.82, 2.24) is 4.98 Å². The van der Waals surface area contributed by atoms with Crippen LogP contribution >= 0.6 is 0 Å². The van der Waals surface area contributed by atoms with Crippen molar-refractivity contribution >= 4 is 11.5 Å². The number of pyridine rings is 1. The Hall–Kier alpha value is -2.36. The zero-order valence-corrected chi connectivity index (χ0v) is 12.8. The van der Waals surface area contributed by atoms with Crippen molar-refractivity contribution in [3.63, 3.8) is 0 Å². The van der Waals surface area contributed by atoms with E-state index < -0.39 is 0 Å². The molecule has 2 rings (SSSR count). The molecule has 0 aliphatic rings. The molecule has 0 saturated heterocycles. The monoisotopic (exact) mass is 284 g/mol. The second kappa shape index (κ2) is 5.95. The van der Waals surface area contributed by atoms with Gasteiger partial charge < -0.3 is 10.4 Å². The molecule has 1 atom stereocenters. The summed E-state index contributed by atoms with van der Waals surface area (Å²) in [6.07, 6.45) is 0. The lowest BCUT2D eigenvalue weighted by Gasteiger charge is -2.19. The Morgan fingerprint density at radius 1 is 1.24 bits per heavy atom. The van der Waals surface area contributed by atoms with Crippen molar-refractivity contribution < 1.29 is 9.90 Å². The van der Waals surface area contributed by atoms with Crippen LogP contribution in [0.4, 0.5) is 5.69 Å². The fourth-order valence-electron chi connectivity index (χ4n) is 2.35. The first-order valence-electron chi connectivity index (χ1n) is 6.93. The van der Waals surface area contributed by atoms with Crippen LogP contribution in [0, 0.1) is 13.8 Å². The van der Waals surface area contributed by atoms with E-state index in [4.69, 9.17) is 0 Å². The number of Topliss-reactive ketones (excluding diaryl/α,β-unsaturated/α-hetero) is 1. The Labute approximate surface area is 124 Å². The molecule has 2 N–H and O–H groups in total. The van der Waals surface area contributed by atoms with Crippen LogP contribution in [0.25, 0.3) is 0 Å². The van der Waals surface area contributed by atoms with Crippen LogP contribution in [-0.2, 0) is 0 Å². The number of hydrogen-bond donors (Lipinski definition) is 2. The predicted octanol–water partition coefficient (Wildman–Crippen LogP) is 3.78. The van der Waals surface area contributed by atoms with Gasteiger partial charge in [-0.15, -0.1) is 0 Å². The number of nitrogens with zero attached hydrogens (tertiary/aromatic N) is 1. The molecule has 4 nitrogen and oxygen atoms in total. The van der Waals surface area contributed by atoms with Gasteiger partial charge in [-0.05, 0) is 56.2 Å². The van der Waals surface area contributed by atoms with Crippen LogP contribution in [0.3, 0.4) is 0 Å². The Morgan fingerprint density at radius 2 is 1.86 bits per heavy atom. The molecule has 0 aliphatic heterocycles. The molecule has 0 spiro atoms. The number of hydrogen-bond acceptors (Lipinski definition) is 4. The number of benzene rings is 1. The lowest BCUT2D eigenvalue weighted by Crippen LogP contribution is -2.12. The highest BCUT2D eigenvalue weighted by Gasteiger charge is 2.12. The average Bonchev–Trinajstić information content (AvgIpc) is 2.42. The third-order valence-electron chi connectivity index (χ3n) is 3.45. The van der Waals surface area contributed by atoms with Gasteiger partial charge in [0, 0.05) is 12.6 Å². The molecule has 1 aromatic heterocycles. The fraction of sp³-hybridized carbons (Fsp3) is 0.294. The van der Waals surface area contributed by atoms with Crippen molar-refractivity contribution in [1.29, 1.82) is 0 Å². The number of aryl methyl sites for hydroxylation is 2. The van der Waals surface area contributed by atoms with Gasteiger partial charge in [-0.1, -0.05) is 6.07 Å². The van der Waals surface area contributed by atoms with Gasteiger partial charge in [0.25, 0.3) is 0 Å². The average molecular weight is 284 g/mol. The Morgan fingerprint density at radius 3 is 2.43 bits per heavy atom. The summed E-state index contributed by atoms with van der Waals surface area (Å²) < 4.78 is 0. The highest BCUT2D eigenvalue weighted by atomic mass is 16.3. The number of aromatic hydroxyl groups is 1. The number of aromatic nitrogens is 1. The molecular weight excluding hydrogens is 264 g/mol. The minimum Gasteiger partial charge on any atom is -0.508 e. The number of anilines is 1. The smallest absolute Gasteiger partial charge is 0.178 e. The number of nitrogens with one attached hydrogen (secondary N) is 1. The van der Waals surface area contributed by atoms with Gasteiger partial charge in [-0.25, -0.2) is 4.98 Å². The molecule has 0 amide bonds. The summed E-state index contributed by atoms with van der Waals surface area (Å²) in [6, 6.07) is 8.87. The Bertz CT molecular complexity index is 657. The Kier molecular flexibility index (Phi) is 4.26. The lowest BCUT2D eigenvalue weighted by atomic mass is 10.1. The second-order valence-electron chi connectivity index (χ2n) is 5.32. The summed E-state index contributed by atoms with van der Waals surface area (Å²) in [7, 11) is 0. The fourth-order valence-corrected chi connectivity index (χ4v) is 2.35. The summed E-state index contributed by atoms with van der Waals surface area (Å²) in [5.74, 6) is 0.223. The van der Waals surface area contributed by atoms with E-state index in [1.165, 1.54) is 6.92 Å². The van der Waals surface area contributed by atoms with Crippen molar-refractivity contribution in [2.24, 2.45) is 0 Å². The summed E-state index contributed by atoms with van der Waals surface area (Å²) in [5, 5.41) is 13.0. The number of carbonyl (C=O) groups is 1. The van der Waals surface area contributed by atoms with E-state index in [0.717, 1.165) is 22.5 Å². The van der Waals surface area contributed by atoms with E-state index >= 15 is 0 Å². The first-order valence-corrected chi connectivity index (χ1v) is 6.93. The maximum atomic E-state index is 11.4. The third-order valence-corrected chi connectivity index (χ3v) is 3.45. The molecule has 0 bridgehead atoms. The van der Waals surface area contributed by atoms with Crippen LogP contribution in [0.5, 0.6) is 5.75 Å². The quantitative estimate of drug-likeness (QED) is 0.662. The van der Waals surface area contributed by atoms with E-state index in [2.05, 4.69) is 10.3 Å². The number of phenols is 1. The summed E-state index contributed by atoms with van der Waals surface area (Å²) in [5.41, 5.74) is 4.22. The molecule has 1 heterocycles. The lowest BCUT2D eigenvalue weighted by molar-refractivity contribution is 0.101. The van der Waals surface area contributed by atoms with Crippen LogP contribution < -0.4 is 5.32 Å². The van der Waals surface area contributed by atoms with Gasteiger partial charge in [-0.2, -0.15) is 0 Å². The van der Waals surface area contributed by atoms with Crippen LogP contribution in [0.15, 0.2) is 30.3 Å². The van der Waals surface area contributed by atoms with Crippen molar-refractivity contribution in [2.45, 2.75) is 33.7 Å². The van der Waals surface area contributed by atoms with Crippen molar-refractivity contribution in [2.75, 3.05) is 5.32 Å². The highest BCUT2D eigenvalue weighted by Crippen LogP contribution is 2.28. The van der Waals surface area contributed by atoms with Gasteiger partial charge in [0.05, 0.1) is 11.7 Å². The minimum absolute atomic E-state index is 0.0359. The maximum absolute atomic E-state index is 11.4. The standard InChI is InChI=1S/C17H20N2O2/c1-10-8-14(21)9-11(2)17(10)18-12(3)15-6-5-7-16(19-15)13(4)20/h5-9,12,18,21H,1-4H3. The molecule has 0 saturated carbocycles. The third kappa shape index (κ3) is 3.40. The molecule has 2 aromatic rings. The van der Waals surface area contributed by atoms with Gasteiger partial charge in [-0.3, -0.25) is 4.79 Å². The first kappa shape index (κ1) is 15.0. The number of rotatable bonds is 4. The minimum atomic E-state index is -0.0407. The van der Waals surface area contributed by atoms with E-state index in [1.807, 2.05) is 32.9 Å². The second-order valence-corrected chi connectivity index (χ2v) is 5.32. The molecule has 0 radical (unpaired) electrons. The number of phenolic OH excluding ortho intramolecular Hbond substituents is 1. The topological polar surface area (TPSA) is 62.2 Å².